The number of aliphatic hydroxyl groups is 1. The molecule has 0 aliphatic heterocycles. The van der Waals surface area contributed by atoms with Crippen LogP contribution in [0.3, 0.4) is 0 Å². The Morgan fingerprint density at radius 2 is 1.94 bits per heavy atom. The zero-order valence-corrected chi connectivity index (χ0v) is 10.4. The molecule has 0 amide bonds. The maximum absolute atomic E-state index is 10.0. The van der Waals surface area contributed by atoms with Crippen molar-refractivity contribution < 1.29 is 9.84 Å². The molecule has 0 radical (unpaired) electrons. The summed E-state index contributed by atoms with van der Waals surface area (Å²) in [6, 6.07) is 7.96. The minimum absolute atomic E-state index is 0.127. The molecule has 0 saturated heterocycles. The van der Waals surface area contributed by atoms with Gasteiger partial charge >= 0.3 is 0 Å². The van der Waals surface area contributed by atoms with Crippen molar-refractivity contribution in [3.05, 3.63) is 29.8 Å². The second kappa shape index (κ2) is 6.54. The van der Waals surface area contributed by atoms with Crippen LogP contribution in [0.25, 0.3) is 0 Å². The molecule has 2 nitrogen and oxygen atoms in total. The summed E-state index contributed by atoms with van der Waals surface area (Å²) in [5.41, 5.74) is 1.10. The lowest BCUT2D eigenvalue weighted by atomic mass is 9.92. The zero-order valence-electron chi connectivity index (χ0n) is 10.4. The Balaban J connectivity index is 2.84. The van der Waals surface area contributed by atoms with Crippen LogP contribution in [0.2, 0.25) is 0 Å². The van der Waals surface area contributed by atoms with Gasteiger partial charge in [0.2, 0.25) is 0 Å². The highest BCUT2D eigenvalue weighted by molar-refractivity contribution is 5.36. The number of ether oxygens (including phenoxy) is 1. The van der Waals surface area contributed by atoms with Crippen molar-refractivity contribution in [2.45, 2.75) is 45.6 Å². The lowest BCUT2D eigenvalue weighted by Gasteiger charge is -2.21. The predicted octanol–water partition coefficient (Wildman–Crippen LogP) is 3.35. The van der Waals surface area contributed by atoms with Crippen LogP contribution in [0.1, 0.15) is 45.1 Å². The summed E-state index contributed by atoms with van der Waals surface area (Å²) in [7, 11) is 0. The van der Waals surface area contributed by atoms with Crippen molar-refractivity contribution in [2.24, 2.45) is 0 Å². The third-order valence-electron chi connectivity index (χ3n) is 2.87. The Labute approximate surface area is 98.3 Å². The summed E-state index contributed by atoms with van der Waals surface area (Å²) in [6.45, 7) is 6.78. The van der Waals surface area contributed by atoms with E-state index >= 15 is 0 Å². The number of benzene rings is 1. The minimum Gasteiger partial charge on any atom is -0.494 e. The largest absolute Gasteiger partial charge is 0.494 e. The molecule has 0 fully saturated rings. The molecule has 0 saturated carbocycles. The van der Waals surface area contributed by atoms with E-state index in [2.05, 4.69) is 13.8 Å². The highest BCUT2D eigenvalue weighted by Crippen LogP contribution is 2.30. The fraction of sp³-hybridized carbons (Fsp3) is 0.571. The maximum Gasteiger partial charge on any atom is 0.122 e. The van der Waals surface area contributed by atoms with Crippen LogP contribution in [0.4, 0.5) is 0 Å². The van der Waals surface area contributed by atoms with Gasteiger partial charge in [-0.3, -0.25) is 0 Å². The van der Waals surface area contributed by atoms with Gasteiger partial charge in [0.15, 0.2) is 0 Å². The van der Waals surface area contributed by atoms with E-state index in [0.29, 0.717) is 6.61 Å². The molecule has 1 rings (SSSR count). The van der Waals surface area contributed by atoms with E-state index < -0.39 is 0 Å². The molecule has 2 heteroatoms. The Morgan fingerprint density at radius 1 is 1.25 bits per heavy atom. The van der Waals surface area contributed by atoms with Gasteiger partial charge in [0, 0.05) is 5.92 Å². The van der Waals surface area contributed by atoms with Crippen molar-refractivity contribution in [1.29, 1.82) is 0 Å². The Morgan fingerprint density at radius 3 is 2.56 bits per heavy atom. The molecule has 0 aliphatic rings. The number of para-hydroxylation sites is 1. The second-order valence-electron chi connectivity index (χ2n) is 4.12. The van der Waals surface area contributed by atoms with E-state index in [1.165, 1.54) is 0 Å². The topological polar surface area (TPSA) is 29.5 Å². The summed E-state index contributed by atoms with van der Waals surface area (Å²) in [6.07, 6.45) is 1.55. The van der Waals surface area contributed by atoms with Gasteiger partial charge in [0.05, 0.1) is 12.7 Å². The molecule has 0 bridgehead atoms. The molecular formula is C14H22O2. The summed E-state index contributed by atoms with van der Waals surface area (Å²) < 4.78 is 5.58. The van der Waals surface area contributed by atoms with E-state index in [-0.39, 0.29) is 12.0 Å². The fourth-order valence-corrected chi connectivity index (χ4v) is 1.90. The van der Waals surface area contributed by atoms with E-state index in [0.717, 1.165) is 24.2 Å². The van der Waals surface area contributed by atoms with E-state index in [9.17, 15) is 5.11 Å². The van der Waals surface area contributed by atoms with Crippen LogP contribution < -0.4 is 4.74 Å². The van der Waals surface area contributed by atoms with Crippen molar-refractivity contribution in [2.75, 3.05) is 6.61 Å². The zero-order chi connectivity index (χ0) is 12.0. The molecule has 0 spiro atoms. The van der Waals surface area contributed by atoms with Crippen molar-refractivity contribution in [3.8, 4) is 5.75 Å². The first kappa shape index (κ1) is 13.0. The van der Waals surface area contributed by atoms with Crippen molar-refractivity contribution in [1.82, 2.24) is 0 Å². The Hall–Kier alpha value is -1.02. The van der Waals surface area contributed by atoms with Gasteiger partial charge in [-0.2, -0.15) is 0 Å². The standard InChI is InChI=1S/C14H22O2/c1-4-8-13(15)11(3)12-9-6-7-10-14(12)16-5-2/h6-7,9-11,13,15H,4-5,8H2,1-3H3. The summed E-state index contributed by atoms with van der Waals surface area (Å²) in [5, 5.41) is 10.0. The van der Waals surface area contributed by atoms with Gasteiger partial charge in [-0.25, -0.2) is 0 Å². The lowest BCUT2D eigenvalue weighted by Crippen LogP contribution is -2.16. The number of rotatable bonds is 6. The average Bonchev–Trinajstić information content (AvgIpc) is 2.29. The quantitative estimate of drug-likeness (QED) is 0.799. The molecule has 90 valence electrons. The summed E-state index contributed by atoms with van der Waals surface area (Å²) in [4.78, 5) is 0. The third-order valence-corrected chi connectivity index (χ3v) is 2.87. The Kier molecular flexibility index (Phi) is 5.33. The average molecular weight is 222 g/mol. The molecule has 16 heavy (non-hydrogen) atoms. The smallest absolute Gasteiger partial charge is 0.122 e. The molecule has 1 aromatic carbocycles. The van der Waals surface area contributed by atoms with Crippen LogP contribution in [-0.2, 0) is 0 Å². The van der Waals surface area contributed by atoms with Crippen LogP contribution in [0, 0.1) is 0 Å². The maximum atomic E-state index is 10.0. The SMILES string of the molecule is CCCC(O)C(C)c1ccccc1OCC. The molecule has 2 atom stereocenters. The number of hydrogen-bond acceptors (Lipinski definition) is 2. The van der Waals surface area contributed by atoms with E-state index in [1.54, 1.807) is 0 Å². The molecule has 2 unspecified atom stereocenters. The predicted molar refractivity (Wildman–Crippen MR) is 66.9 cm³/mol. The van der Waals surface area contributed by atoms with Crippen LogP contribution in [0.5, 0.6) is 5.75 Å². The van der Waals surface area contributed by atoms with Gasteiger partial charge in [0.25, 0.3) is 0 Å². The summed E-state index contributed by atoms with van der Waals surface area (Å²) >= 11 is 0. The van der Waals surface area contributed by atoms with E-state index in [4.69, 9.17) is 4.74 Å². The normalized spacial score (nSPS) is 14.5. The number of hydrogen-bond donors (Lipinski definition) is 1. The van der Waals surface area contributed by atoms with Gasteiger partial charge in [-0.15, -0.1) is 0 Å². The molecule has 0 aromatic heterocycles. The number of aliphatic hydroxyl groups excluding tert-OH is 1. The first-order chi connectivity index (χ1) is 7.70. The molecule has 1 aromatic rings. The van der Waals surface area contributed by atoms with Crippen LogP contribution in [0.15, 0.2) is 24.3 Å². The minimum atomic E-state index is -0.286. The highest BCUT2D eigenvalue weighted by Gasteiger charge is 2.18. The van der Waals surface area contributed by atoms with Crippen LogP contribution >= 0.6 is 0 Å². The highest BCUT2D eigenvalue weighted by atomic mass is 16.5. The van der Waals surface area contributed by atoms with Crippen LogP contribution in [-0.4, -0.2) is 17.8 Å². The molecular weight excluding hydrogens is 200 g/mol. The monoisotopic (exact) mass is 222 g/mol. The lowest BCUT2D eigenvalue weighted by molar-refractivity contribution is 0.137. The molecule has 0 heterocycles. The first-order valence-corrected chi connectivity index (χ1v) is 6.10. The molecule has 0 aliphatic carbocycles. The Bertz CT molecular complexity index is 309. The fourth-order valence-electron chi connectivity index (χ4n) is 1.90. The van der Waals surface area contributed by atoms with Crippen molar-refractivity contribution >= 4 is 0 Å². The second-order valence-corrected chi connectivity index (χ2v) is 4.12. The van der Waals surface area contributed by atoms with Gasteiger partial charge in [0.1, 0.15) is 5.75 Å². The molecule has 1 N–H and O–H groups in total. The summed E-state index contributed by atoms with van der Waals surface area (Å²) in [5.74, 6) is 1.02. The third kappa shape index (κ3) is 3.24. The van der Waals surface area contributed by atoms with Crippen molar-refractivity contribution in [3.63, 3.8) is 0 Å². The van der Waals surface area contributed by atoms with Gasteiger partial charge in [-0.05, 0) is 25.0 Å². The first-order valence-electron chi connectivity index (χ1n) is 6.10. The van der Waals surface area contributed by atoms with E-state index in [1.807, 2.05) is 31.2 Å². The van der Waals surface area contributed by atoms with Gasteiger partial charge < -0.3 is 9.84 Å². The van der Waals surface area contributed by atoms with Gasteiger partial charge in [-0.1, -0.05) is 38.5 Å².